The third kappa shape index (κ3) is 4.68. The second-order valence-electron chi connectivity index (χ2n) is 14.5. The fourth-order valence-corrected chi connectivity index (χ4v) is 11.3. The molecular formula is C33H49NO7S. The average Bonchev–Trinajstić information content (AvgIpc) is 3.26. The number of hydrogen-bond acceptors (Lipinski definition) is 7. The molecule has 3 aliphatic carbocycles. The Balaban J connectivity index is 1.59. The van der Waals surface area contributed by atoms with Crippen LogP contribution in [0.2, 0.25) is 0 Å². The maximum absolute atomic E-state index is 14.6. The molecule has 4 aliphatic rings. The summed E-state index contributed by atoms with van der Waals surface area (Å²) in [7, 11) is -1.00. The molecule has 234 valence electrons. The summed E-state index contributed by atoms with van der Waals surface area (Å²) in [6, 6.07) is 3.57. The molecule has 3 fully saturated rings. The minimum atomic E-state index is -4.09. The molecule has 0 saturated heterocycles. The summed E-state index contributed by atoms with van der Waals surface area (Å²) in [6.45, 7) is 12.3. The Labute approximate surface area is 251 Å². The van der Waals surface area contributed by atoms with E-state index in [1.54, 1.807) is 20.1 Å². The number of carbonyl (C=O) groups is 2. The third-order valence-corrected chi connectivity index (χ3v) is 13.8. The summed E-state index contributed by atoms with van der Waals surface area (Å²) in [4.78, 5) is 27.9. The second kappa shape index (κ2) is 10.8. The van der Waals surface area contributed by atoms with Crippen LogP contribution in [-0.2, 0) is 36.3 Å². The first-order valence-electron chi connectivity index (χ1n) is 15.6. The Morgan fingerprint density at radius 3 is 2.31 bits per heavy atom. The van der Waals surface area contributed by atoms with Crippen LogP contribution in [0.5, 0.6) is 11.5 Å². The number of ether oxygens (including phenoxy) is 3. The summed E-state index contributed by atoms with van der Waals surface area (Å²) >= 11 is 0. The molecule has 8 nitrogen and oxygen atoms in total. The number of rotatable bonds is 8. The number of nitrogens with zero attached hydrogens (tertiary/aromatic N) is 1. The highest BCUT2D eigenvalue weighted by atomic mass is 32.2. The van der Waals surface area contributed by atoms with E-state index in [-0.39, 0.29) is 36.0 Å². The number of ketones is 1. The van der Waals surface area contributed by atoms with Crippen molar-refractivity contribution in [3.63, 3.8) is 0 Å². The van der Waals surface area contributed by atoms with E-state index in [1.807, 2.05) is 19.9 Å². The van der Waals surface area contributed by atoms with E-state index in [1.165, 1.54) is 11.4 Å². The van der Waals surface area contributed by atoms with Crippen LogP contribution in [-0.4, -0.2) is 57.1 Å². The van der Waals surface area contributed by atoms with Crippen LogP contribution in [0.25, 0.3) is 0 Å². The van der Waals surface area contributed by atoms with Gasteiger partial charge in [0.2, 0.25) is 10.0 Å². The van der Waals surface area contributed by atoms with E-state index in [4.69, 9.17) is 14.2 Å². The molecule has 9 heteroatoms. The first-order valence-corrected chi connectivity index (χ1v) is 17.2. The van der Waals surface area contributed by atoms with Crippen LogP contribution < -0.4 is 9.47 Å². The molecule has 1 aromatic rings. The van der Waals surface area contributed by atoms with Gasteiger partial charge in [0.15, 0.2) is 17.0 Å². The van der Waals surface area contributed by atoms with E-state index in [0.29, 0.717) is 48.2 Å². The zero-order valence-electron chi connectivity index (χ0n) is 26.6. The number of esters is 1. The van der Waals surface area contributed by atoms with Crippen molar-refractivity contribution in [1.82, 2.24) is 4.31 Å². The van der Waals surface area contributed by atoms with Crippen molar-refractivity contribution in [1.29, 1.82) is 0 Å². The average molecular weight is 604 g/mol. The first-order chi connectivity index (χ1) is 19.6. The Kier molecular flexibility index (Phi) is 8.04. The number of benzene rings is 1. The molecule has 0 N–H and O–H groups in total. The molecule has 6 atom stereocenters. The van der Waals surface area contributed by atoms with Crippen LogP contribution >= 0.6 is 0 Å². The number of fused-ring (bicyclic) bond motifs is 3. The molecule has 2 bridgehead atoms. The molecule has 0 radical (unpaired) electrons. The van der Waals surface area contributed by atoms with Crippen molar-refractivity contribution in [2.24, 2.45) is 34.5 Å². The number of methoxy groups -OCH3 is 2. The van der Waals surface area contributed by atoms with Crippen molar-refractivity contribution < 1.29 is 32.2 Å². The van der Waals surface area contributed by atoms with Gasteiger partial charge in [0.25, 0.3) is 0 Å². The lowest BCUT2D eigenvalue weighted by Crippen LogP contribution is -2.59. The second-order valence-corrected chi connectivity index (χ2v) is 16.3. The standard InChI is InChI=1S/C33H49NO7S/c1-20(2)24-10-9-21(3)15-26(24)41-30(36)32(6)25-18-28(40-8)27(39-7)16-22(25)12-14-34(32)42(37,38)19-33-13-11-23(17-29(33)35)31(33,4)5/h16,18,20-21,23-24,26H,9-15,17,19H2,1-8H3/t21-,23-,24+,26-,32+,33+/m0/s1. The van der Waals surface area contributed by atoms with Gasteiger partial charge in [-0.15, -0.1) is 0 Å². The Morgan fingerprint density at radius 1 is 1.07 bits per heavy atom. The third-order valence-electron chi connectivity index (χ3n) is 11.7. The Bertz CT molecular complexity index is 1350. The van der Waals surface area contributed by atoms with E-state index in [9.17, 15) is 18.0 Å². The van der Waals surface area contributed by atoms with Crippen LogP contribution in [0.4, 0.5) is 0 Å². The van der Waals surface area contributed by atoms with Crippen molar-refractivity contribution in [3.05, 3.63) is 23.3 Å². The van der Waals surface area contributed by atoms with Crippen molar-refractivity contribution in [2.45, 2.75) is 98.1 Å². The van der Waals surface area contributed by atoms with E-state index >= 15 is 0 Å². The van der Waals surface area contributed by atoms with Gasteiger partial charge >= 0.3 is 5.97 Å². The van der Waals surface area contributed by atoms with Crippen molar-refractivity contribution in [2.75, 3.05) is 26.5 Å². The lowest BCUT2D eigenvalue weighted by atomic mass is 9.70. The number of hydrogen-bond donors (Lipinski definition) is 0. The van der Waals surface area contributed by atoms with Gasteiger partial charge < -0.3 is 14.2 Å². The van der Waals surface area contributed by atoms with Gasteiger partial charge in [-0.25, -0.2) is 13.2 Å². The molecule has 1 aliphatic heterocycles. The van der Waals surface area contributed by atoms with E-state index in [0.717, 1.165) is 31.2 Å². The van der Waals surface area contributed by atoms with Crippen LogP contribution in [0.1, 0.15) is 91.2 Å². The lowest BCUT2D eigenvalue weighted by Gasteiger charge is -2.46. The highest BCUT2D eigenvalue weighted by Gasteiger charge is 2.66. The topological polar surface area (TPSA) is 99.2 Å². The summed E-state index contributed by atoms with van der Waals surface area (Å²) in [5.74, 6) is 1.27. The van der Waals surface area contributed by atoms with Gasteiger partial charge in [-0.2, -0.15) is 4.31 Å². The smallest absolute Gasteiger partial charge is 0.332 e. The molecule has 0 amide bonds. The predicted molar refractivity (Wildman–Crippen MR) is 161 cm³/mol. The Morgan fingerprint density at radius 2 is 1.74 bits per heavy atom. The van der Waals surface area contributed by atoms with Gasteiger partial charge in [-0.3, -0.25) is 4.79 Å². The molecule has 5 rings (SSSR count). The summed E-state index contributed by atoms with van der Waals surface area (Å²) in [6.07, 6.45) is 4.76. The van der Waals surface area contributed by atoms with E-state index in [2.05, 4.69) is 20.8 Å². The van der Waals surface area contributed by atoms with Crippen LogP contribution in [0, 0.1) is 34.5 Å². The maximum Gasteiger partial charge on any atom is 0.332 e. The van der Waals surface area contributed by atoms with Gasteiger partial charge in [-0.05, 0) is 91.4 Å². The van der Waals surface area contributed by atoms with E-state index < -0.39 is 32.4 Å². The summed E-state index contributed by atoms with van der Waals surface area (Å²) in [5.41, 5.74) is -1.62. The molecule has 1 aromatic carbocycles. The molecule has 0 aromatic heterocycles. The predicted octanol–water partition coefficient (Wildman–Crippen LogP) is 5.51. The first kappa shape index (κ1) is 31.3. The highest BCUT2D eigenvalue weighted by Crippen LogP contribution is 2.64. The number of Topliss-reactive ketones (excluding diaryl/α,β-unsaturated/α-hetero) is 1. The summed E-state index contributed by atoms with van der Waals surface area (Å²) in [5, 5.41) is 0. The minimum absolute atomic E-state index is 0.0383. The number of sulfonamides is 1. The highest BCUT2D eigenvalue weighted by molar-refractivity contribution is 7.89. The Hall–Kier alpha value is -2.13. The monoisotopic (exact) mass is 603 g/mol. The van der Waals surface area contributed by atoms with Crippen LogP contribution in [0.3, 0.4) is 0 Å². The molecule has 1 heterocycles. The molecule has 42 heavy (non-hydrogen) atoms. The van der Waals surface area contributed by atoms with Gasteiger partial charge in [0.1, 0.15) is 11.9 Å². The zero-order chi connectivity index (χ0) is 30.8. The van der Waals surface area contributed by atoms with Crippen molar-refractivity contribution in [3.8, 4) is 11.5 Å². The van der Waals surface area contributed by atoms with Crippen molar-refractivity contribution >= 4 is 21.8 Å². The molecule has 0 unspecified atom stereocenters. The van der Waals surface area contributed by atoms with Gasteiger partial charge in [0, 0.05) is 18.4 Å². The minimum Gasteiger partial charge on any atom is -0.493 e. The molecule has 3 saturated carbocycles. The fourth-order valence-electron chi connectivity index (χ4n) is 8.79. The largest absolute Gasteiger partial charge is 0.493 e. The number of carbonyl (C=O) groups excluding carboxylic acids is 2. The molecular weight excluding hydrogens is 554 g/mol. The van der Waals surface area contributed by atoms with Crippen LogP contribution in [0.15, 0.2) is 12.1 Å². The summed E-state index contributed by atoms with van der Waals surface area (Å²) < 4.78 is 48.1. The normalized spacial score (nSPS) is 34.4. The van der Waals surface area contributed by atoms with Gasteiger partial charge in [-0.1, -0.05) is 41.0 Å². The maximum atomic E-state index is 14.6. The quantitative estimate of drug-likeness (QED) is 0.362. The fraction of sp³-hybridized carbons (Fsp3) is 0.758. The van der Waals surface area contributed by atoms with Gasteiger partial charge in [0.05, 0.1) is 20.0 Å². The lowest BCUT2D eigenvalue weighted by molar-refractivity contribution is -0.168. The molecule has 0 spiro atoms. The zero-order valence-corrected chi connectivity index (χ0v) is 27.4. The SMILES string of the molecule is COc1cc2c(cc1OC)[C@](C)(C(=O)O[C@H]1C[C@@H](C)CC[C@@H]1C(C)C)N(S(=O)(=O)C[C@]13CC[C@@H](CC1=O)C3(C)C)CC2.